The van der Waals surface area contributed by atoms with Crippen molar-refractivity contribution in [3.63, 3.8) is 0 Å². The van der Waals surface area contributed by atoms with Crippen LogP contribution in [0.25, 0.3) is 4.96 Å². The third kappa shape index (κ3) is 3.59. The maximum atomic E-state index is 12.4. The first kappa shape index (κ1) is 17.4. The molecule has 3 aromatic heterocycles. The molecular weight excluding hydrogens is 346 g/mol. The fourth-order valence-electron chi connectivity index (χ4n) is 3.87. The molecule has 1 fully saturated rings. The van der Waals surface area contributed by atoms with Crippen molar-refractivity contribution in [1.29, 1.82) is 0 Å². The van der Waals surface area contributed by atoms with Crippen LogP contribution in [0, 0.1) is 13.8 Å². The highest BCUT2D eigenvalue weighted by atomic mass is 32.1. The predicted molar refractivity (Wildman–Crippen MR) is 104 cm³/mol. The van der Waals surface area contributed by atoms with Crippen molar-refractivity contribution in [2.45, 2.75) is 58.7 Å². The first-order valence-corrected chi connectivity index (χ1v) is 10.1. The molecular formula is C19H25N5OS. The van der Waals surface area contributed by atoms with Crippen molar-refractivity contribution in [3.8, 4) is 0 Å². The fraction of sp³-hybridized carbons (Fsp3) is 0.526. The summed E-state index contributed by atoms with van der Waals surface area (Å²) in [7, 11) is 0. The van der Waals surface area contributed by atoms with Crippen LogP contribution in [0.5, 0.6) is 0 Å². The zero-order valence-electron chi connectivity index (χ0n) is 15.4. The van der Waals surface area contributed by atoms with E-state index < -0.39 is 0 Å². The molecule has 0 radical (unpaired) electrons. The van der Waals surface area contributed by atoms with E-state index in [1.54, 1.807) is 21.8 Å². The summed E-state index contributed by atoms with van der Waals surface area (Å²) >= 11 is 1.58. The Morgan fingerprint density at radius 2 is 2.19 bits per heavy atom. The number of aromatic nitrogens is 4. The van der Waals surface area contributed by atoms with Crippen molar-refractivity contribution >= 4 is 16.3 Å². The minimum absolute atomic E-state index is 0.0250. The number of fused-ring (bicyclic) bond motifs is 1. The molecule has 1 aliphatic heterocycles. The number of rotatable bonds is 5. The standard InChI is InChI=1S/C19H25N5OS/c1-14-12-24-18(25)11-16(21-19(24)26-14)13-23-8-4-3-5-17(23)6-9-22-10-7-20-15(22)2/h7,10-12,17H,3-6,8-9,13H2,1-2H3. The Bertz CT molecular complexity index is 956. The molecule has 0 saturated carbocycles. The first-order chi connectivity index (χ1) is 12.6. The van der Waals surface area contributed by atoms with Crippen LogP contribution in [0.2, 0.25) is 0 Å². The normalized spacial score (nSPS) is 18.6. The number of hydrogen-bond donors (Lipinski definition) is 0. The van der Waals surface area contributed by atoms with E-state index in [2.05, 4.69) is 20.6 Å². The number of piperidine rings is 1. The maximum absolute atomic E-state index is 12.4. The summed E-state index contributed by atoms with van der Waals surface area (Å²) in [5.41, 5.74) is 0.916. The summed E-state index contributed by atoms with van der Waals surface area (Å²) in [6.07, 6.45) is 10.6. The lowest BCUT2D eigenvalue weighted by molar-refractivity contribution is 0.126. The predicted octanol–water partition coefficient (Wildman–Crippen LogP) is 3.01. The number of aryl methyl sites for hydroxylation is 3. The highest BCUT2D eigenvalue weighted by molar-refractivity contribution is 7.16. The van der Waals surface area contributed by atoms with Gasteiger partial charge in [0.15, 0.2) is 4.96 Å². The van der Waals surface area contributed by atoms with Gasteiger partial charge in [0.05, 0.1) is 5.69 Å². The van der Waals surface area contributed by atoms with Gasteiger partial charge in [-0.1, -0.05) is 6.42 Å². The molecule has 1 atom stereocenters. The van der Waals surface area contributed by atoms with Gasteiger partial charge in [-0.05, 0) is 39.7 Å². The Hall–Kier alpha value is -1.99. The highest BCUT2D eigenvalue weighted by Crippen LogP contribution is 2.23. The Balaban J connectivity index is 1.49. The zero-order valence-corrected chi connectivity index (χ0v) is 16.2. The van der Waals surface area contributed by atoms with Crippen LogP contribution in [0.1, 0.15) is 42.1 Å². The van der Waals surface area contributed by atoms with Gasteiger partial charge in [0.2, 0.25) is 0 Å². The maximum Gasteiger partial charge on any atom is 0.258 e. The van der Waals surface area contributed by atoms with Crippen LogP contribution in [0.3, 0.4) is 0 Å². The molecule has 7 heteroatoms. The molecule has 1 unspecified atom stereocenters. The van der Waals surface area contributed by atoms with Crippen molar-refractivity contribution in [3.05, 3.63) is 51.4 Å². The SMILES string of the molecule is Cc1cn2c(=O)cc(CN3CCCCC3CCn3ccnc3C)nc2s1. The average molecular weight is 372 g/mol. The minimum atomic E-state index is 0.0250. The van der Waals surface area contributed by atoms with E-state index in [4.69, 9.17) is 4.98 Å². The Morgan fingerprint density at radius 3 is 3.00 bits per heavy atom. The lowest BCUT2D eigenvalue weighted by Crippen LogP contribution is -2.40. The number of imidazole rings is 1. The molecule has 0 aliphatic carbocycles. The molecule has 1 saturated heterocycles. The molecule has 0 spiro atoms. The van der Waals surface area contributed by atoms with Crippen LogP contribution in [0.4, 0.5) is 0 Å². The lowest BCUT2D eigenvalue weighted by atomic mass is 9.99. The highest BCUT2D eigenvalue weighted by Gasteiger charge is 2.23. The fourth-order valence-corrected chi connectivity index (χ4v) is 4.72. The van der Waals surface area contributed by atoms with Gasteiger partial charge >= 0.3 is 0 Å². The molecule has 0 bridgehead atoms. The monoisotopic (exact) mass is 371 g/mol. The number of nitrogens with zero attached hydrogens (tertiary/aromatic N) is 5. The number of hydrogen-bond acceptors (Lipinski definition) is 5. The second-order valence-electron chi connectivity index (χ2n) is 7.16. The second kappa shape index (κ2) is 7.32. The smallest absolute Gasteiger partial charge is 0.258 e. The molecule has 4 rings (SSSR count). The third-order valence-corrected chi connectivity index (χ3v) is 6.18. The van der Waals surface area contributed by atoms with Crippen LogP contribution in [0.15, 0.2) is 29.5 Å². The number of thiazole rings is 1. The number of likely N-dealkylation sites (tertiary alicyclic amines) is 1. The summed E-state index contributed by atoms with van der Waals surface area (Å²) in [5, 5.41) is 0. The zero-order chi connectivity index (χ0) is 18.1. The summed E-state index contributed by atoms with van der Waals surface area (Å²) in [5.74, 6) is 1.07. The van der Waals surface area contributed by atoms with Gasteiger partial charge in [0.1, 0.15) is 5.82 Å². The Kier molecular flexibility index (Phi) is 4.91. The van der Waals surface area contributed by atoms with E-state index >= 15 is 0 Å². The van der Waals surface area contributed by atoms with Gasteiger partial charge in [0, 0.05) is 48.7 Å². The third-order valence-electron chi connectivity index (χ3n) is 5.28. The van der Waals surface area contributed by atoms with Gasteiger partial charge in [0.25, 0.3) is 5.56 Å². The largest absolute Gasteiger partial charge is 0.335 e. The lowest BCUT2D eigenvalue weighted by Gasteiger charge is -2.35. The summed E-state index contributed by atoms with van der Waals surface area (Å²) < 4.78 is 3.87. The van der Waals surface area contributed by atoms with E-state index in [1.807, 2.05) is 26.2 Å². The van der Waals surface area contributed by atoms with Crippen molar-refractivity contribution in [2.24, 2.45) is 0 Å². The first-order valence-electron chi connectivity index (χ1n) is 9.30. The molecule has 0 N–H and O–H groups in total. The molecule has 6 nitrogen and oxygen atoms in total. The molecule has 138 valence electrons. The van der Waals surface area contributed by atoms with Crippen molar-refractivity contribution < 1.29 is 0 Å². The second-order valence-corrected chi connectivity index (χ2v) is 8.37. The average Bonchev–Trinajstić information content (AvgIpc) is 3.19. The quantitative estimate of drug-likeness (QED) is 0.692. The van der Waals surface area contributed by atoms with Gasteiger partial charge in [-0.15, -0.1) is 11.3 Å². The van der Waals surface area contributed by atoms with E-state index in [-0.39, 0.29) is 5.56 Å². The van der Waals surface area contributed by atoms with Gasteiger partial charge < -0.3 is 4.57 Å². The summed E-state index contributed by atoms with van der Waals surface area (Å²) in [6, 6.07) is 2.24. The van der Waals surface area contributed by atoms with Gasteiger partial charge in [-0.2, -0.15) is 0 Å². The summed E-state index contributed by atoms with van der Waals surface area (Å²) in [4.78, 5) is 25.8. The Labute approximate surface area is 157 Å². The van der Waals surface area contributed by atoms with E-state index in [0.717, 1.165) is 47.4 Å². The molecule has 4 heterocycles. The Morgan fingerprint density at radius 1 is 1.31 bits per heavy atom. The molecule has 0 amide bonds. The van der Waals surface area contributed by atoms with Crippen molar-refractivity contribution in [1.82, 2.24) is 23.8 Å². The van der Waals surface area contributed by atoms with Crippen LogP contribution in [-0.4, -0.2) is 36.4 Å². The van der Waals surface area contributed by atoms with Crippen LogP contribution < -0.4 is 5.56 Å². The van der Waals surface area contributed by atoms with E-state index in [1.165, 1.54) is 19.3 Å². The topological polar surface area (TPSA) is 55.4 Å². The van der Waals surface area contributed by atoms with E-state index in [9.17, 15) is 4.79 Å². The van der Waals surface area contributed by atoms with Crippen LogP contribution in [-0.2, 0) is 13.1 Å². The van der Waals surface area contributed by atoms with Crippen LogP contribution >= 0.6 is 11.3 Å². The van der Waals surface area contributed by atoms with Gasteiger partial charge in [-0.3, -0.25) is 14.1 Å². The van der Waals surface area contributed by atoms with Gasteiger partial charge in [-0.25, -0.2) is 9.97 Å². The minimum Gasteiger partial charge on any atom is -0.335 e. The molecule has 0 aromatic carbocycles. The summed E-state index contributed by atoms with van der Waals surface area (Å²) in [6.45, 7) is 6.89. The molecule has 1 aliphatic rings. The van der Waals surface area contributed by atoms with E-state index in [0.29, 0.717) is 6.04 Å². The molecule has 26 heavy (non-hydrogen) atoms. The van der Waals surface area contributed by atoms with Crippen molar-refractivity contribution in [2.75, 3.05) is 6.54 Å². The molecule has 3 aromatic rings.